The van der Waals surface area contributed by atoms with Crippen LogP contribution in [0.3, 0.4) is 0 Å². The van der Waals surface area contributed by atoms with E-state index in [1.54, 1.807) is 18.2 Å². The van der Waals surface area contributed by atoms with Gasteiger partial charge in [0.1, 0.15) is 5.75 Å². The summed E-state index contributed by atoms with van der Waals surface area (Å²) in [5, 5.41) is 3.16. The minimum absolute atomic E-state index is 0.0505. The summed E-state index contributed by atoms with van der Waals surface area (Å²) in [5.41, 5.74) is 7.03. The van der Waals surface area contributed by atoms with Crippen molar-refractivity contribution in [2.24, 2.45) is 0 Å². The molecule has 0 aromatic heterocycles. The number of amides is 1. The predicted octanol–water partition coefficient (Wildman–Crippen LogP) is 2.04. The van der Waals surface area contributed by atoms with Crippen LogP contribution in [0.5, 0.6) is 5.75 Å². The Morgan fingerprint density at radius 2 is 2.00 bits per heavy atom. The molecule has 2 fully saturated rings. The van der Waals surface area contributed by atoms with Crippen molar-refractivity contribution < 1.29 is 14.3 Å². The Balaban J connectivity index is 1.51. The number of benzene rings is 1. The molecule has 2 saturated heterocycles. The van der Waals surface area contributed by atoms with Gasteiger partial charge in [0.25, 0.3) is 5.91 Å². The van der Waals surface area contributed by atoms with Crippen molar-refractivity contribution in [2.75, 3.05) is 38.6 Å². The second-order valence-electron chi connectivity index (χ2n) is 6.81. The van der Waals surface area contributed by atoms with E-state index in [1.807, 2.05) is 6.92 Å². The fourth-order valence-corrected chi connectivity index (χ4v) is 3.68. The number of piperidine rings is 1. The van der Waals surface area contributed by atoms with Crippen molar-refractivity contribution in [3.63, 3.8) is 0 Å². The molecule has 0 bridgehead atoms. The Hall–Kier alpha value is -1.79. The highest BCUT2D eigenvalue weighted by molar-refractivity contribution is 5.95. The minimum Gasteiger partial charge on any atom is -0.492 e. The first-order valence-corrected chi connectivity index (χ1v) is 9.32. The molecular weight excluding hydrogens is 318 g/mol. The van der Waals surface area contributed by atoms with Gasteiger partial charge < -0.3 is 25.4 Å². The zero-order valence-electron chi connectivity index (χ0n) is 15.0. The van der Waals surface area contributed by atoms with Crippen LogP contribution in [0.1, 0.15) is 43.0 Å². The van der Waals surface area contributed by atoms with Gasteiger partial charge in [-0.2, -0.15) is 0 Å². The van der Waals surface area contributed by atoms with Crippen LogP contribution in [0.2, 0.25) is 0 Å². The molecule has 2 aliphatic heterocycles. The van der Waals surface area contributed by atoms with Crippen molar-refractivity contribution in [3.05, 3.63) is 23.8 Å². The van der Waals surface area contributed by atoms with Crippen LogP contribution in [-0.2, 0) is 4.74 Å². The van der Waals surface area contributed by atoms with Gasteiger partial charge in [0.2, 0.25) is 0 Å². The van der Waals surface area contributed by atoms with Crippen LogP contribution in [0.4, 0.5) is 5.69 Å². The topological polar surface area (TPSA) is 76.8 Å². The number of hydrogen-bond donors (Lipinski definition) is 2. The van der Waals surface area contributed by atoms with E-state index in [9.17, 15) is 4.79 Å². The molecule has 6 heteroatoms. The molecule has 138 valence electrons. The third-order valence-corrected chi connectivity index (χ3v) is 5.15. The van der Waals surface area contributed by atoms with Crippen molar-refractivity contribution in [3.8, 4) is 5.75 Å². The average molecular weight is 347 g/mol. The number of carbonyl (C=O) groups is 1. The first-order chi connectivity index (χ1) is 12.2. The largest absolute Gasteiger partial charge is 0.492 e. The van der Waals surface area contributed by atoms with E-state index in [1.165, 1.54) is 0 Å². The second kappa shape index (κ2) is 8.54. The number of hydrogen-bond acceptors (Lipinski definition) is 5. The molecular formula is C19H29N3O3. The Kier molecular flexibility index (Phi) is 6.15. The molecule has 2 aliphatic rings. The highest BCUT2D eigenvalue weighted by Gasteiger charge is 2.27. The standard InChI is InChI=1S/C19H29N3O3/c1-2-25-18-13-14(3-4-17(18)20)19(23)21-15-5-9-22(10-6-15)16-7-11-24-12-8-16/h3-4,13,15-16H,2,5-12,20H2,1H3,(H,21,23). The molecule has 25 heavy (non-hydrogen) atoms. The Bertz CT molecular complexity index is 579. The molecule has 0 radical (unpaired) electrons. The number of ether oxygens (including phenoxy) is 2. The summed E-state index contributed by atoms with van der Waals surface area (Å²) in [6.45, 7) is 6.27. The number of nitrogens with zero attached hydrogens (tertiary/aromatic N) is 1. The van der Waals surface area contributed by atoms with Crippen molar-refractivity contribution in [1.29, 1.82) is 0 Å². The molecule has 1 aromatic carbocycles. The maximum Gasteiger partial charge on any atom is 0.251 e. The lowest BCUT2D eigenvalue weighted by Crippen LogP contribution is -2.49. The van der Waals surface area contributed by atoms with Crippen molar-refractivity contribution >= 4 is 11.6 Å². The van der Waals surface area contributed by atoms with Crippen LogP contribution in [0, 0.1) is 0 Å². The van der Waals surface area contributed by atoms with E-state index >= 15 is 0 Å². The molecule has 3 rings (SSSR count). The fourth-order valence-electron chi connectivity index (χ4n) is 3.68. The summed E-state index contributed by atoms with van der Waals surface area (Å²) in [6, 6.07) is 6.09. The van der Waals surface area contributed by atoms with Crippen LogP contribution < -0.4 is 15.8 Å². The zero-order valence-corrected chi connectivity index (χ0v) is 15.0. The van der Waals surface area contributed by atoms with Crippen LogP contribution in [0.25, 0.3) is 0 Å². The molecule has 6 nitrogen and oxygen atoms in total. The number of nitrogens with one attached hydrogen (secondary N) is 1. The molecule has 1 aromatic rings. The number of anilines is 1. The van der Waals surface area contributed by atoms with E-state index in [4.69, 9.17) is 15.2 Å². The Morgan fingerprint density at radius 1 is 1.28 bits per heavy atom. The third-order valence-electron chi connectivity index (χ3n) is 5.15. The molecule has 0 aliphatic carbocycles. The Morgan fingerprint density at radius 3 is 2.68 bits per heavy atom. The summed E-state index contributed by atoms with van der Waals surface area (Å²) in [5.74, 6) is 0.523. The monoisotopic (exact) mass is 347 g/mol. The van der Waals surface area contributed by atoms with Gasteiger partial charge in [-0.25, -0.2) is 0 Å². The number of nitrogens with two attached hydrogens (primary N) is 1. The number of carbonyl (C=O) groups excluding carboxylic acids is 1. The summed E-state index contributed by atoms with van der Waals surface area (Å²) >= 11 is 0. The van der Waals surface area contributed by atoms with Crippen molar-refractivity contribution in [2.45, 2.75) is 44.7 Å². The summed E-state index contributed by atoms with van der Waals surface area (Å²) in [7, 11) is 0. The highest BCUT2D eigenvalue weighted by Crippen LogP contribution is 2.24. The molecule has 3 N–H and O–H groups in total. The van der Waals surface area contributed by atoms with Crippen LogP contribution in [0.15, 0.2) is 18.2 Å². The second-order valence-corrected chi connectivity index (χ2v) is 6.81. The van der Waals surface area contributed by atoms with Gasteiger partial charge in [0, 0.05) is 44.0 Å². The smallest absolute Gasteiger partial charge is 0.251 e. The third kappa shape index (κ3) is 4.64. The highest BCUT2D eigenvalue weighted by atomic mass is 16.5. The van der Waals surface area contributed by atoms with E-state index < -0.39 is 0 Å². The molecule has 2 heterocycles. The number of nitrogen functional groups attached to an aromatic ring is 1. The molecule has 0 atom stereocenters. The van der Waals surface area contributed by atoms with E-state index in [2.05, 4.69) is 10.2 Å². The number of rotatable bonds is 5. The van der Waals surface area contributed by atoms with Crippen molar-refractivity contribution in [1.82, 2.24) is 10.2 Å². The van der Waals surface area contributed by atoms with Gasteiger partial charge in [0.15, 0.2) is 0 Å². The van der Waals surface area contributed by atoms with Gasteiger partial charge in [-0.05, 0) is 50.8 Å². The number of likely N-dealkylation sites (tertiary alicyclic amines) is 1. The van der Waals surface area contributed by atoms with Gasteiger partial charge in [-0.15, -0.1) is 0 Å². The lowest BCUT2D eigenvalue weighted by atomic mass is 9.99. The molecule has 1 amide bonds. The molecule has 0 saturated carbocycles. The summed E-state index contributed by atoms with van der Waals surface area (Å²) in [4.78, 5) is 15.1. The van der Waals surface area contributed by atoms with Gasteiger partial charge in [-0.3, -0.25) is 4.79 Å². The van der Waals surface area contributed by atoms with E-state index in [-0.39, 0.29) is 11.9 Å². The average Bonchev–Trinajstić information content (AvgIpc) is 2.65. The maximum absolute atomic E-state index is 12.5. The molecule has 0 unspecified atom stereocenters. The van der Waals surface area contributed by atoms with Crippen LogP contribution >= 0.6 is 0 Å². The SMILES string of the molecule is CCOc1cc(C(=O)NC2CCN(C3CCOCC3)CC2)ccc1N. The first-order valence-electron chi connectivity index (χ1n) is 9.32. The normalized spacial score (nSPS) is 20.4. The summed E-state index contributed by atoms with van der Waals surface area (Å²) < 4.78 is 10.9. The van der Waals surface area contributed by atoms with Gasteiger partial charge in [-0.1, -0.05) is 0 Å². The Labute approximate surface area is 149 Å². The zero-order chi connectivity index (χ0) is 17.6. The quantitative estimate of drug-likeness (QED) is 0.797. The fraction of sp³-hybridized carbons (Fsp3) is 0.632. The lowest BCUT2D eigenvalue weighted by molar-refractivity contribution is 0.0238. The minimum atomic E-state index is -0.0505. The summed E-state index contributed by atoms with van der Waals surface area (Å²) in [6.07, 6.45) is 4.25. The van der Waals surface area contributed by atoms with E-state index in [0.29, 0.717) is 29.6 Å². The maximum atomic E-state index is 12.5. The van der Waals surface area contributed by atoms with E-state index in [0.717, 1.165) is 52.0 Å². The molecule has 0 spiro atoms. The predicted molar refractivity (Wildman–Crippen MR) is 97.9 cm³/mol. The van der Waals surface area contributed by atoms with Crippen LogP contribution in [-0.4, -0.2) is 55.8 Å². The van der Waals surface area contributed by atoms with Gasteiger partial charge in [0.05, 0.1) is 12.3 Å². The van der Waals surface area contributed by atoms with Gasteiger partial charge >= 0.3 is 0 Å². The first kappa shape index (κ1) is 18.0. The lowest BCUT2D eigenvalue weighted by Gasteiger charge is -2.39.